The van der Waals surface area contributed by atoms with Gasteiger partial charge in [-0.2, -0.15) is 0 Å². The van der Waals surface area contributed by atoms with Crippen molar-refractivity contribution in [2.24, 2.45) is 10.8 Å². The van der Waals surface area contributed by atoms with Gasteiger partial charge in [0.2, 0.25) is 0 Å². The molecule has 1 unspecified atom stereocenters. The number of allylic oxidation sites excluding steroid dienone is 2. The van der Waals surface area contributed by atoms with Gasteiger partial charge >= 0.3 is 11.9 Å². The van der Waals surface area contributed by atoms with Crippen molar-refractivity contribution in [2.75, 3.05) is 26.4 Å². The van der Waals surface area contributed by atoms with Crippen LogP contribution < -0.4 is 0 Å². The summed E-state index contributed by atoms with van der Waals surface area (Å²) in [5, 5.41) is 20.8. The first-order valence-electron chi connectivity index (χ1n) is 13.8. The number of ketones is 1. The molecule has 0 aromatic heterocycles. The molecular formula is C29H36O10. The van der Waals surface area contributed by atoms with Crippen molar-refractivity contribution in [3.05, 3.63) is 35.5 Å². The first kappa shape index (κ1) is 26.8. The Hall–Kier alpha value is -2.37. The number of hydrogen-bond donors (Lipinski definition) is 2. The van der Waals surface area contributed by atoms with E-state index in [1.165, 1.54) is 17.7 Å². The first-order chi connectivity index (χ1) is 18.6. The number of Topliss-reactive ketones (excluding diaryl/α,β-unsaturated/α-hetero) is 1. The number of aliphatic hydroxyl groups is 2. The van der Waals surface area contributed by atoms with Gasteiger partial charge < -0.3 is 33.9 Å². The summed E-state index contributed by atoms with van der Waals surface area (Å²) in [6, 6.07) is 0. The molecule has 6 aliphatic rings. The summed E-state index contributed by atoms with van der Waals surface area (Å²) in [6.07, 6.45) is 6.04. The van der Waals surface area contributed by atoms with Gasteiger partial charge in [0.05, 0.1) is 30.8 Å². The summed E-state index contributed by atoms with van der Waals surface area (Å²) in [4.78, 5) is 39.1. The molecular weight excluding hydrogens is 508 g/mol. The van der Waals surface area contributed by atoms with Crippen molar-refractivity contribution < 1.29 is 48.3 Å². The van der Waals surface area contributed by atoms with Crippen molar-refractivity contribution in [1.82, 2.24) is 0 Å². The summed E-state index contributed by atoms with van der Waals surface area (Å²) in [5.74, 6) is -1.87. The highest BCUT2D eigenvalue weighted by Crippen LogP contribution is 2.72. The minimum atomic E-state index is -1.73. The molecule has 2 spiro atoms. The monoisotopic (exact) mass is 544 g/mol. The number of carbonyl (C=O) groups excluding carboxylic acids is 3. The van der Waals surface area contributed by atoms with Gasteiger partial charge in [-0.25, -0.2) is 9.59 Å². The van der Waals surface area contributed by atoms with Crippen molar-refractivity contribution in [3.63, 3.8) is 0 Å². The standard InChI is InChI=1S/C29H36O10/c1-17-6-9-27-15-35-24(33)12-18-7-10-36-28(25(18)34,19(31)14-30)8-4-3-5-23(32)39-20-13-22(38-21(27)11-17)29(16-37-29)26(20,27)2/h3,5,11-12,20-22,25,30,34H,4,6-10,13-16H2,1-2H3/b5-3+,18-12+/t20-,21-,22+,25+,26-,27+,28-,29?/m0/s1. The van der Waals surface area contributed by atoms with Crippen molar-refractivity contribution >= 4 is 17.7 Å². The lowest BCUT2D eigenvalue weighted by Gasteiger charge is -2.58. The second-order valence-corrected chi connectivity index (χ2v) is 12.0. The molecule has 8 atom stereocenters. The maximum Gasteiger partial charge on any atom is 0.330 e. The van der Waals surface area contributed by atoms with Crippen LogP contribution in [0.1, 0.15) is 52.4 Å². The van der Waals surface area contributed by atoms with Crippen LogP contribution in [0.2, 0.25) is 0 Å². The van der Waals surface area contributed by atoms with E-state index < -0.39 is 58.6 Å². The Morgan fingerprint density at radius 1 is 1.10 bits per heavy atom. The van der Waals surface area contributed by atoms with Crippen LogP contribution >= 0.6 is 0 Å². The number of cyclic esters (lactones) is 1. The average Bonchev–Trinajstić information content (AvgIpc) is 3.69. The van der Waals surface area contributed by atoms with Crippen LogP contribution in [-0.2, 0) is 38.1 Å². The molecule has 212 valence electrons. The highest BCUT2D eigenvalue weighted by molar-refractivity contribution is 5.90. The van der Waals surface area contributed by atoms with Gasteiger partial charge in [0.1, 0.15) is 31.0 Å². The number of rotatable bonds is 2. The fourth-order valence-corrected chi connectivity index (χ4v) is 7.92. The average molecular weight is 545 g/mol. The summed E-state index contributed by atoms with van der Waals surface area (Å²) >= 11 is 0. The Morgan fingerprint density at radius 3 is 2.64 bits per heavy atom. The molecule has 4 fully saturated rings. The van der Waals surface area contributed by atoms with Crippen molar-refractivity contribution in [3.8, 4) is 0 Å². The highest BCUT2D eigenvalue weighted by Gasteiger charge is 2.83. The number of epoxide rings is 1. The van der Waals surface area contributed by atoms with Crippen LogP contribution in [0.25, 0.3) is 0 Å². The molecule has 4 bridgehead atoms. The lowest BCUT2D eigenvalue weighted by Crippen LogP contribution is -2.66. The second-order valence-electron chi connectivity index (χ2n) is 12.0. The number of esters is 2. The molecule has 2 N–H and O–H groups in total. The number of aliphatic hydroxyl groups excluding tert-OH is 2. The van der Waals surface area contributed by atoms with E-state index in [1.807, 2.05) is 0 Å². The molecule has 1 saturated carbocycles. The Kier molecular flexibility index (Phi) is 6.43. The van der Waals surface area contributed by atoms with Crippen molar-refractivity contribution in [1.29, 1.82) is 0 Å². The highest BCUT2D eigenvalue weighted by atomic mass is 16.6. The maximum absolute atomic E-state index is 13.2. The van der Waals surface area contributed by atoms with E-state index in [-0.39, 0.29) is 44.7 Å². The third kappa shape index (κ3) is 3.75. The van der Waals surface area contributed by atoms with Gasteiger partial charge in [-0.1, -0.05) is 24.6 Å². The number of ether oxygens (including phenoxy) is 5. The van der Waals surface area contributed by atoms with Gasteiger partial charge in [-0.05, 0) is 44.6 Å². The normalized spacial score (nSPS) is 47.7. The molecule has 0 aromatic carbocycles. The van der Waals surface area contributed by atoms with E-state index in [1.54, 1.807) is 6.08 Å². The number of hydrogen-bond acceptors (Lipinski definition) is 10. The molecule has 4 heterocycles. The molecule has 6 rings (SSSR count). The van der Waals surface area contributed by atoms with Crippen LogP contribution in [0.4, 0.5) is 0 Å². The van der Waals surface area contributed by atoms with Gasteiger partial charge in [0.15, 0.2) is 11.4 Å². The molecule has 4 aliphatic heterocycles. The largest absolute Gasteiger partial charge is 0.462 e. The zero-order chi connectivity index (χ0) is 27.6. The summed E-state index contributed by atoms with van der Waals surface area (Å²) < 4.78 is 30.5. The van der Waals surface area contributed by atoms with Crippen LogP contribution in [-0.4, -0.2) is 90.0 Å². The van der Waals surface area contributed by atoms with Gasteiger partial charge in [0, 0.05) is 24.0 Å². The molecule has 0 aromatic rings. The van der Waals surface area contributed by atoms with E-state index in [2.05, 4.69) is 19.9 Å². The third-order valence-electron chi connectivity index (χ3n) is 10.3. The van der Waals surface area contributed by atoms with Crippen LogP contribution in [0.5, 0.6) is 0 Å². The van der Waals surface area contributed by atoms with Crippen molar-refractivity contribution in [2.45, 2.75) is 88.0 Å². The summed E-state index contributed by atoms with van der Waals surface area (Å²) in [7, 11) is 0. The van der Waals surface area contributed by atoms with Gasteiger partial charge in [-0.3, -0.25) is 4.79 Å². The molecule has 0 amide bonds. The SMILES string of the molecule is CC1=C[C@@H]2O[C@@H]3C[C@@H]4OC(=O)/C=C/CC[C@@]5(C(=O)CO)OCC/C(=C\C(=O)OC[C@@]2(CC1)[C@@]4(C)C31CO1)[C@H]5O. The van der Waals surface area contributed by atoms with E-state index in [0.29, 0.717) is 25.0 Å². The second kappa shape index (κ2) is 9.34. The molecule has 2 aliphatic carbocycles. The lowest BCUT2D eigenvalue weighted by molar-refractivity contribution is -0.232. The number of fused-ring (bicyclic) bond motifs is 2. The van der Waals surface area contributed by atoms with E-state index in [0.717, 1.165) is 6.42 Å². The van der Waals surface area contributed by atoms with Gasteiger partial charge in [-0.15, -0.1) is 0 Å². The Balaban J connectivity index is 1.41. The molecule has 10 heteroatoms. The van der Waals surface area contributed by atoms with Crippen LogP contribution in [0.3, 0.4) is 0 Å². The Labute approximate surface area is 226 Å². The fourth-order valence-electron chi connectivity index (χ4n) is 7.92. The molecule has 3 saturated heterocycles. The minimum Gasteiger partial charge on any atom is -0.462 e. The topological polar surface area (TPSA) is 141 Å². The summed E-state index contributed by atoms with van der Waals surface area (Å²) in [6.45, 7) is 3.88. The zero-order valence-corrected chi connectivity index (χ0v) is 22.4. The lowest BCUT2D eigenvalue weighted by atomic mass is 9.51. The maximum atomic E-state index is 13.2. The van der Waals surface area contributed by atoms with Crippen LogP contribution in [0.15, 0.2) is 35.5 Å². The van der Waals surface area contributed by atoms with E-state index >= 15 is 0 Å². The predicted molar refractivity (Wildman–Crippen MR) is 134 cm³/mol. The molecule has 10 nitrogen and oxygen atoms in total. The quantitative estimate of drug-likeness (QED) is 0.298. The molecule has 0 radical (unpaired) electrons. The minimum absolute atomic E-state index is 0.00815. The fraction of sp³-hybridized carbons (Fsp3) is 0.690. The number of carbonyl (C=O) groups is 3. The Bertz CT molecular complexity index is 1170. The first-order valence-corrected chi connectivity index (χ1v) is 13.8. The Morgan fingerprint density at radius 2 is 1.90 bits per heavy atom. The van der Waals surface area contributed by atoms with Gasteiger partial charge in [0.25, 0.3) is 0 Å². The smallest absolute Gasteiger partial charge is 0.330 e. The van der Waals surface area contributed by atoms with Crippen LogP contribution in [0, 0.1) is 10.8 Å². The van der Waals surface area contributed by atoms with E-state index in [4.69, 9.17) is 23.7 Å². The third-order valence-corrected chi connectivity index (χ3v) is 10.3. The zero-order valence-electron chi connectivity index (χ0n) is 22.4. The summed E-state index contributed by atoms with van der Waals surface area (Å²) in [5.41, 5.74) is -2.22. The molecule has 39 heavy (non-hydrogen) atoms. The van der Waals surface area contributed by atoms with E-state index in [9.17, 15) is 24.6 Å². The predicted octanol–water partition coefficient (Wildman–Crippen LogP) is 1.47.